The fraction of sp³-hybridized carbons (Fsp3) is 0.467. The first kappa shape index (κ1) is 13.7. The van der Waals surface area contributed by atoms with E-state index in [2.05, 4.69) is 48.4 Å². The molecule has 0 unspecified atom stereocenters. The van der Waals surface area contributed by atoms with Crippen LogP contribution in [0.4, 0.5) is 0 Å². The third-order valence-electron chi connectivity index (χ3n) is 3.11. The third kappa shape index (κ3) is 4.16. The standard InChI is InChI=1S/C15H21NOS/c1-13(12-16-7-9-17-10-8-16)11-14-3-5-15(18-2)6-4-14/h3-6,11H,7-10,12H2,1-2H3/b13-11+. The van der Waals surface area contributed by atoms with Gasteiger partial charge >= 0.3 is 0 Å². The van der Waals surface area contributed by atoms with E-state index in [1.807, 2.05) is 0 Å². The predicted molar refractivity (Wildman–Crippen MR) is 79.1 cm³/mol. The summed E-state index contributed by atoms with van der Waals surface area (Å²) in [5.41, 5.74) is 2.70. The van der Waals surface area contributed by atoms with Gasteiger partial charge in [-0.3, -0.25) is 4.90 Å². The van der Waals surface area contributed by atoms with Crippen molar-refractivity contribution in [2.75, 3.05) is 39.1 Å². The Morgan fingerprint density at radius 1 is 1.28 bits per heavy atom. The van der Waals surface area contributed by atoms with E-state index in [9.17, 15) is 0 Å². The Morgan fingerprint density at radius 2 is 1.94 bits per heavy atom. The SMILES string of the molecule is CSc1ccc(/C=C(\C)CN2CCOCC2)cc1. The maximum atomic E-state index is 5.36. The van der Waals surface area contributed by atoms with Crippen LogP contribution >= 0.6 is 11.8 Å². The number of nitrogens with zero attached hydrogens (tertiary/aromatic N) is 1. The van der Waals surface area contributed by atoms with Crippen LogP contribution in [0.1, 0.15) is 12.5 Å². The van der Waals surface area contributed by atoms with Crippen LogP contribution in [0.25, 0.3) is 6.08 Å². The smallest absolute Gasteiger partial charge is 0.0594 e. The Balaban J connectivity index is 1.93. The third-order valence-corrected chi connectivity index (χ3v) is 3.85. The van der Waals surface area contributed by atoms with E-state index in [4.69, 9.17) is 4.74 Å². The number of rotatable bonds is 4. The monoisotopic (exact) mass is 263 g/mol. The summed E-state index contributed by atoms with van der Waals surface area (Å²) < 4.78 is 5.36. The van der Waals surface area contributed by atoms with Crippen molar-refractivity contribution >= 4 is 17.8 Å². The zero-order valence-electron chi connectivity index (χ0n) is 11.2. The lowest BCUT2D eigenvalue weighted by Crippen LogP contribution is -2.37. The van der Waals surface area contributed by atoms with E-state index in [1.165, 1.54) is 16.0 Å². The highest BCUT2D eigenvalue weighted by Gasteiger charge is 2.09. The quantitative estimate of drug-likeness (QED) is 0.774. The highest BCUT2D eigenvalue weighted by molar-refractivity contribution is 7.98. The number of ether oxygens (including phenoxy) is 1. The Hall–Kier alpha value is -0.770. The van der Waals surface area contributed by atoms with Gasteiger partial charge in [-0.05, 0) is 30.9 Å². The van der Waals surface area contributed by atoms with Gasteiger partial charge in [0.15, 0.2) is 0 Å². The molecule has 18 heavy (non-hydrogen) atoms. The van der Waals surface area contributed by atoms with Gasteiger partial charge in [0.05, 0.1) is 13.2 Å². The fourth-order valence-electron chi connectivity index (χ4n) is 2.14. The van der Waals surface area contributed by atoms with E-state index >= 15 is 0 Å². The summed E-state index contributed by atoms with van der Waals surface area (Å²) in [6.07, 6.45) is 4.38. The molecule has 0 bridgehead atoms. The van der Waals surface area contributed by atoms with Crippen molar-refractivity contribution in [2.45, 2.75) is 11.8 Å². The molecule has 3 heteroatoms. The summed E-state index contributed by atoms with van der Waals surface area (Å²) in [5, 5.41) is 0. The molecule has 2 nitrogen and oxygen atoms in total. The Morgan fingerprint density at radius 3 is 2.56 bits per heavy atom. The van der Waals surface area contributed by atoms with Crippen LogP contribution in [0.2, 0.25) is 0 Å². The number of hydrogen-bond donors (Lipinski definition) is 0. The molecule has 0 aromatic heterocycles. The predicted octanol–water partition coefficient (Wildman–Crippen LogP) is 3.14. The van der Waals surface area contributed by atoms with Crippen molar-refractivity contribution in [1.29, 1.82) is 0 Å². The van der Waals surface area contributed by atoms with Crippen molar-refractivity contribution in [1.82, 2.24) is 4.90 Å². The second-order valence-electron chi connectivity index (χ2n) is 4.65. The molecular weight excluding hydrogens is 242 g/mol. The molecule has 0 saturated carbocycles. The van der Waals surface area contributed by atoms with E-state index in [1.54, 1.807) is 11.8 Å². The lowest BCUT2D eigenvalue weighted by molar-refractivity contribution is 0.0424. The number of hydrogen-bond acceptors (Lipinski definition) is 3. The highest BCUT2D eigenvalue weighted by Crippen LogP contribution is 2.16. The van der Waals surface area contributed by atoms with Gasteiger partial charge in [0.1, 0.15) is 0 Å². The van der Waals surface area contributed by atoms with Crippen molar-refractivity contribution in [3.8, 4) is 0 Å². The van der Waals surface area contributed by atoms with Gasteiger partial charge in [0, 0.05) is 24.5 Å². The largest absolute Gasteiger partial charge is 0.379 e. The molecule has 1 aromatic rings. The molecule has 0 N–H and O–H groups in total. The number of thioether (sulfide) groups is 1. The lowest BCUT2D eigenvalue weighted by atomic mass is 10.1. The van der Waals surface area contributed by atoms with Crippen molar-refractivity contribution in [3.05, 3.63) is 35.4 Å². The molecule has 1 aromatic carbocycles. The zero-order chi connectivity index (χ0) is 12.8. The minimum atomic E-state index is 0.871. The lowest BCUT2D eigenvalue weighted by Gasteiger charge is -2.26. The van der Waals surface area contributed by atoms with Crippen LogP contribution < -0.4 is 0 Å². The van der Waals surface area contributed by atoms with E-state index in [0.29, 0.717) is 0 Å². The van der Waals surface area contributed by atoms with Crippen LogP contribution in [0.3, 0.4) is 0 Å². The van der Waals surface area contributed by atoms with Crippen molar-refractivity contribution in [2.24, 2.45) is 0 Å². The molecule has 0 amide bonds. The molecule has 0 aliphatic carbocycles. The summed E-state index contributed by atoms with van der Waals surface area (Å²) >= 11 is 1.78. The summed E-state index contributed by atoms with van der Waals surface area (Å²) in [5.74, 6) is 0. The summed E-state index contributed by atoms with van der Waals surface area (Å²) in [7, 11) is 0. The summed E-state index contributed by atoms with van der Waals surface area (Å²) in [6, 6.07) is 8.74. The molecular formula is C15H21NOS. The molecule has 1 aliphatic heterocycles. The first-order valence-corrected chi connectivity index (χ1v) is 7.62. The maximum absolute atomic E-state index is 5.36. The van der Waals surface area contributed by atoms with Gasteiger partial charge in [0.25, 0.3) is 0 Å². The van der Waals surface area contributed by atoms with E-state index in [-0.39, 0.29) is 0 Å². The van der Waals surface area contributed by atoms with Crippen LogP contribution in [0.5, 0.6) is 0 Å². The van der Waals surface area contributed by atoms with Crippen LogP contribution in [-0.4, -0.2) is 44.0 Å². The summed E-state index contributed by atoms with van der Waals surface area (Å²) in [6.45, 7) is 7.10. The van der Waals surface area contributed by atoms with Gasteiger partial charge in [-0.25, -0.2) is 0 Å². The fourth-order valence-corrected chi connectivity index (χ4v) is 2.55. The van der Waals surface area contributed by atoms with Crippen molar-refractivity contribution in [3.63, 3.8) is 0 Å². The van der Waals surface area contributed by atoms with Gasteiger partial charge in [0.2, 0.25) is 0 Å². The van der Waals surface area contributed by atoms with Gasteiger partial charge in [-0.2, -0.15) is 0 Å². The second kappa shape index (κ2) is 6.98. The first-order chi connectivity index (χ1) is 8.78. The molecule has 0 radical (unpaired) electrons. The average Bonchev–Trinajstić information content (AvgIpc) is 2.40. The number of benzene rings is 1. The Bertz CT molecular complexity index is 393. The van der Waals surface area contributed by atoms with Crippen LogP contribution in [0, 0.1) is 0 Å². The molecule has 98 valence electrons. The number of morpholine rings is 1. The molecule has 1 heterocycles. The minimum absolute atomic E-state index is 0.871. The zero-order valence-corrected chi connectivity index (χ0v) is 12.0. The average molecular weight is 263 g/mol. The Kier molecular flexibility index (Phi) is 5.29. The highest BCUT2D eigenvalue weighted by atomic mass is 32.2. The Labute approximate surface area is 114 Å². The molecule has 1 fully saturated rings. The molecule has 2 rings (SSSR count). The molecule has 0 spiro atoms. The topological polar surface area (TPSA) is 12.5 Å². The van der Waals surface area contributed by atoms with Crippen molar-refractivity contribution < 1.29 is 4.74 Å². The summed E-state index contributed by atoms with van der Waals surface area (Å²) in [4.78, 5) is 3.77. The maximum Gasteiger partial charge on any atom is 0.0594 e. The minimum Gasteiger partial charge on any atom is -0.379 e. The van der Waals surface area contributed by atoms with Gasteiger partial charge in [-0.1, -0.05) is 23.8 Å². The first-order valence-electron chi connectivity index (χ1n) is 6.39. The van der Waals surface area contributed by atoms with Gasteiger partial charge in [-0.15, -0.1) is 11.8 Å². The van der Waals surface area contributed by atoms with Crippen LogP contribution in [-0.2, 0) is 4.74 Å². The van der Waals surface area contributed by atoms with Crippen LogP contribution in [0.15, 0.2) is 34.7 Å². The molecule has 0 atom stereocenters. The normalized spacial score (nSPS) is 18.0. The molecule has 1 aliphatic rings. The second-order valence-corrected chi connectivity index (χ2v) is 5.53. The molecule has 1 saturated heterocycles. The van der Waals surface area contributed by atoms with E-state index in [0.717, 1.165) is 32.8 Å². The van der Waals surface area contributed by atoms with E-state index < -0.39 is 0 Å². The van der Waals surface area contributed by atoms with Gasteiger partial charge < -0.3 is 4.74 Å².